The van der Waals surface area contributed by atoms with E-state index in [-0.39, 0.29) is 0 Å². The molecule has 6 rings (SSSR count). The number of anilines is 2. The lowest BCUT2D eigenvalue weighted by Gasteiger charge is -2.16. The van der Waals surface area contributed by atoms with Crippen LogP contribution in [0.1, 0.15) is 54.3 Å². The normalized spacial score (nSPS) is 14.2. The second-order valence-corrected chi connectivity index (χ2v) is 9.48. The highest BCUT2D eigenvalue weighted by atomic mass is 16.3. The number of imidazole rings is 1. The van der Waals surface area contributed by atoms with Gasteiger partial charge in [0, 0.05) is 34.6 Å². The zero-order chi connectivity index (χ0) is 24.8. The van der Waals surface area contributed by atoms with Gasteiger partial charge in [0.15, 0.2) is 5.82 Å². The van der Waals surface area contributed by atoms with Crippen molar-refractivity contribution in [3.8, 4) is 17.1 Å². The Hall–Kier alpha value is -4.17. The number of rotatable bonds is 6. The van der Waals surface area contributed by atoms with E-state index in [4.69, 9.17) is 4.98 Å². The van der Waals surface area contributed by atoms with Crippen molar-refractivity contribution in [2.24, 2.45) is 0 Å². The van der Waals surface area contributed by atoms with E-state index in [1.165, 1.54) is 12.8 Å². The molecule has 5 aromatic rings. The van der Waals surface area contributed by atoms with Crippen molar-refractivity contribution in [1.82, 2.24) is 29.7 Å². The second kappa shape index (κ2) is 8.80. The summed E-state index contributed by atoms with van der Waals surface area (Å²) in [6.45, 7) is 5.72. The van der Waals surface area contributed by atoms with Gasteiger partial charge < -0.3 is 10.4 Å². The molecule has 1 atom stereocenters. The van der Waals surface area contributed by atoms with E-state index in [0.29, 0.717) is 11.7 Å². The van der Waals surface area contributed by atoms with Gasteiger partial charge in [-0.25, -0.2) is 9.97 Å². The third-order valence-corrected chi connectivity index (χ3v) is 6.60. The Morgan fingerprint density at radius 1 is 1.00 bits per heavy atom. The second-order valence-electron chi connectivity index (χ2n) is 9.48. The lowest BCUT2D eigenvalue weighted by atomic mass is 9.98. The minimum absolute atomic E-state index is 0.536. The number of aryl methyl sites for hydroxylation is 2. The van der Waals surface area contributed by atoms with Crippen LogP contribution in [0, 0.1) is 13.8 Å². The maximum atomic E-state index is 10.5. The number of benzene rings is 1. The summed E-state index contributed by atoms with van der Waals surface area (Å²) in [4.78, 5) is 14.3. The predicted octanol–water partition coefficient (Wildman–Crippen LogP) is 5.56. The van der Waals surface area contributed by atoms with E-state index in [1.54, 1.807) is 13.3 Å². The zero-order valence-electron chi connectivity index (χ0n) is 20.5. The summed E-state index contributed by atoms with van der Waals surface area (Å²) in [6.07, 6.45) is 5.42. The molecule has 1 fully saturated rings. The highest BCUT2D eigenvalue weighted by Crippen LogP contribution is 2.41. The first kappa shape index (κ1) is 22.3. The van der Waals surface area contributed by atoms with Crippen molar-refractivity contribution in [1.29, 1.82) is 0 Å². The van der Waals surface area contributed by atoms with Crippen molar-refractivity contribution in [2.45, 2.75) is 45.6 Å². The molecule has 1 aliphatic carbocycles. The van der Waals surface area contributed by atoms with Gasteiger partial charge in [-0.3, -0.25) is 9.55 Å². The number of aromatic nitrogens is 6. The fraction of sp³-hybridized carbons (Fsp3) is 0.250. The first-order valence-electron chi connectivity index (χ1n) is 12.2. The van der Waals surface area contributed by atoms with Gasteiger partial charge in [-0.2, -0.15) is 5.10 Å². The number of aliphatic hydroxyl groups excluding tert-OH is 1. The van der Waals surface area contributed by atoms with Crippen molar-refractivity contribution in [3.63, 3.8) is 0 Å². The summed E-state index contributed by atoms with van der Waals surface area (Å²) in [6, 6.07) is 15.8. The number of aliphatic hydroxyl groups is 1. The number of hydrogen-bond acceptors (Lipinski definition) is 7. The quantitative estimate of drug-likeness (QED) is 0.330. The largest absolute Gasteiger partial charge is 0.389 e. The van der Waals surface area contributed by atoms with E-state index >= 15 is 0 Å². The van der Waals surface area contributed by atoms with Crippen LogP contribution in [0.2, 0.25) is 0 Å². The molecule has 2 N–H and O–H groups in total. The van der Waals surface area contributed by atoms with Gasteiger partial charge in [0.2, 0.25) is 0 Å². The van der Waals surface area contributed by atoms with Crippen LogP contribution >= 0.6 is 0 Å². The lowest BCUT2D eigenvalue weighted by molar-refractivity contribution is 0.199. The van der Waals surface area contributed by atoms with Crippen LogP contribution in [0.25, 0.3) is 28.1 Å². The Morgan fingerprint density at radius 2 is 1.86 bits per heavy atom. The van der Waals surface area contributed by atoms with Crippen molar-refractivity contribution >= 4 is 22.5 Å². The summed E-state index contributed by atoms with van der Waals surface area (Å²) in [5.74, 6) is 1.96. The van der Waals surface area contributed by atoms with Crippen LogP contribution in [-0.2, 0) is 0 Å². The molecule has 0 radical (unpaired) electrons. The highest BCUT2D eigenvalue weighted by Gasteiger charge is 2.26. The molecule has 0 bridgehead atoms. The van der Waals surface area contributed by atoms with E-state index in [0.717, 1.165) is 56.3 Å². The number of fused-ring (bicyclic) bond motifs is 1. The van der Waals surface area contributed by atoms with E-state index < -0.39 is 6.10 Å². The van der Waals surface area contributed by atoms with Gasteiger partial charge in [-0.15, -0.1) is 5.10 Å². The summed E-state index contributed by atoms with van der Waals surface area (Å²) >= 11 is 0. The Bertz CT molecular complexity index is 1570. The average molecular weight is 478 g/mol. The van der Waals surface area contributed by atoms with Gasteiger partial charge in [0.1, 0.15) is 12.1 Å². The maximum Gasteiger partial charge on any atom is 0.153 e. The smallest absolute Gasteiger partial charge is 0.153 e. The van der Waals surface area contributed by atoms with E-state index in [1.807, 2.05) is 67.1 Å². The van der Waals surface area contributed by atoms with Crippen LogP contribution in [0.3, 0.4) is 0 Å². The lowest BCUT2D eigenvalue weighted by Crippen LogP contribution is -2.04. The molecule has 1 saturated carbocycles. The monoisotopic (exact) mass is 477 g/mol. The fourth-order valence-corrected chi connectivity index (χ4v) is 4.43. The number of pyridine rings is 2. The van der Waals surface area contributed by atoms with Crippen LogP contribution in [-0.4, -0.2) is 34.8 Å². The molecule has 4 heterocycles. The molecule has 1 aliphatic rings. The Kier molecular flexibility index (Phi) is 5.45. The number of nitrogens with one attached hydrogen (secondary N) is 1. The fourth-order valence-electron chi connectivity index (χ4n) is 4.43. The molecular weight excluding hydrogens is 450 g/mol. The molecule has 1 aromatic carbocycles. The molecule has 4 aromatic heterocycles. The van der Waals surface area contributed by atoms with Crippen LogP contribution < -0.4 is 5.32 Å². The van der Waals surface area contributed by atoms with Crippen LogP contribution in [0.4, 0.5) is 11.5 Å². The van der Waals surface area contributed by atoms with E-state index in [2.05, 4.69) is 31.5 Å². The molecule has 8 heteroatoms. The third-order valence-electron chi connectivity index (χ3n) is 6.60. The molecule has 0 spiro atoms. The molecule has 36 heavy (non-hydrogen) atoms. The summed E-state index contributed by atoms with van der Waals surface area (Å²) in [5, 5.41) is 22.1. The number of nitrogens with zero attached hydrogens (tertiary/aromatic N) is 6. The molecular formula is C28H27N7O. The van der Waals surface area contributed by atoms with Crippen molar-refractivity contribution < 1.29 is 5.11 Å². The van der Waals surface area contributed by atoms with Gasteiger partial charge in [0.05, 0.1) is 28.5 Å². The Labute approximate surface area is 209 Å². The van der Waals surface area contributed by atoms with Crippen LogP contribution in [0.15, 0.2) is 61.1 Å². The molecule has 0 saturated heterocycles. The van der Waals surface area contributed by atoms with Crippen molar-refractivity contribution in [3.05, 3.63) is 83.6 Å². The minimum Gasteiger partial charge on any atom is -0.389 e. The summed E-state index contributed by atoms with van der Waals surface area (Å²) in [7, 11) is 0. The predicted molar refractivity (Wildman–Crippen MR) is 139 cm³/mol. The van der Waals surface area contributed by atoms with Gasteiger partial charge in [-0.05, 0) is 81.6 Å². The Balaban J connectivity index is 1.39. The minimum atomic E-state index is -0.642. The zero-order valence-corrected chi connectivity index (χ0v) is 20.5. The third kappa shape index (κ3) is 4.20. The Morgan fingerprint density at radius 3 is 2.61 bits per heavy atom. The van der Waals surface area contributed by atoms with Gasteiger partial charge >= 0.3 is 0 Å². The summed E-state index contributed by atoms with van der Waals surface area (Å²) < 4.78 is 1.97. The average Bonchev–Trinajstić information content (AvgIpc) is 3.64. The van der Waals surface area contributed by atoms with Crippen LogP contribution in [0.5, 0.6) is 0 Å². The van der Waals surface area contributed by atoms with Gasteiger partial charge in [0.25, 0.3) is 0 Å². The van der Waals surface area contributed by atoms with Gasteiger partial charge in [-0.1, -0.05) is 6.07 Å². The first-order chi connectivity index (χ1) is 17.5. The standard InChI is InChI=1S/C28H27N7O/c1-16-14-29-23(19-5-6-19)13-22(16)28-21(18(3)36)8-11-27(32-28)35-15-30-24-12-20(7-9-25(24)35)31-26-10-4-17(2)33-34-26/h4,7-15,18-19,36H,5-6H2,1-3H3,(H,31,34). The molecule has 1 unspecified atom stereocenters. The first-order valence-corrected chi connectivity index (χ1v) is 12.2. The SMILES string of the molecule is Cc1ccc(Nc2ccc3c(c2)ncn3-c2ccc(C(C)O)c(-c3cc(C4CC4)ncc3C)n2)nn1. The molecule has 180 valence electrons. The molecule has 8 nitrogen and oxygen atoms in total. The van der Waals surface area contributed by atoms with E-state index in [9.17, 15) is 5.11 Å². The topological polar surface area (TPSA) is 102 Å². The number of hydrogen-bond donors (Lipinski definition) is 2. The maximum absolute atomic E-state index is 10.5. The summed E-state index contributed by atoms with van der Waals surface area (Å²) in [5.41, 5.74) is 8.25. The molecule has 0 aliphatic heterocycles. The molecule has 0 amide bonds. The van der Waals surface area contributed by atoms with Crippen molar-refractivity contribution in [2.75, 3.05) is 5.32 Å². The highest BCUT2D eigenvalue weighted by molar-refractivity contribution is 5.82.